The lowest BCUT2D eigenvalue weighted by Gasteiger charge is -2.20. The number of hydrogen-bond acceptors (Lipinski definition) is 8. The summed E-state index contributed by atoms with van der Waals surface area (Å²) in [5, 5.41) is 32.1. The standard InChI is InChI=1S/C18H15BrN4O3S/c1-2-27-18-21-17-14(22-23-18)10-5-3-4-6-12(10)20-16(26-17)9-7-11(19)15(25)13(24)8-9/h3-8,16,20,24-25H,2H2,1H3. The molecule has 4 rings (SSSR count). The van der Waals surface area contributed by atoms with Crippen molar-refractivity contribution in [1.82, 2.24) is 15.2 Å². The number of hydrogen-bond donors (Lipinski definition) is 3. The fourth-order valence-corrected chi connectivity index (χ4v) is 3.72. The molecule has 0 bridgehead atoms. The Labute approximate surface area is 168 Å². The summed E-state index contributed by atoms with van der Waals surface area (Å²) in [7, 11) is 0. The number of ether oxygens (including phenoxy) is 1. The molecule has 0 spiro atoms. The predicted octanol–water partition coefficient (Wildman–Crippen LogP) is 4.33. The molecule has 1 aromatic heterocycles. The molecule has 1 unspecified atom stereocenters. The van der Waals surface area contributed by atoms with E-state index in [-0.39, 0.29) is 11.5 Å². The molecule has 0 aliphatic carbocycles. The highest BCUT2D eigenvalue weighted by atomic mass is 79.9. The smallest absolute Gasteiger partial charge is 0.247 e. The minimum atomic E-state index is -0.647. The average molecular weight is 447 g/mol. The van der Waals surface area contributed by atoms with E-state index in [0.29, 0.717) is 26.8 Å². The Morgan fingerprint density at radius 3 is 2.81 bits per heavy atom. The Morgan fingerprint density at radius 2 is 2.04 bits per heavy atom. The molecule has 0 fully saturated rings. The van der Waals surface area contributed by atoms with Gasteiger partial charge in [0.25, 0.3) is 0 Å². The van der Waals surface area contributed by atoms with Gasteiger partial charge in [-0.1, -0.05) is 36.9 Å². The molecule has 1 atom stereocenters. The summed E-state index contributed by atoms with van der Waals surface area (Å²) in [6.07, 6.45) is -0.647. The first-order valence-corrected chi connectivity index (χ1v) is 9.96. The van der Waals surface area contributed by atoms with Gasteiger partial charge in [-0.2, -0.15) is 4.98 Å². The van der Waals surface area contributed by atoms with Crippen molar-refractivity contribution in [2.24, 2.45) is 0 Å². The van der Waals surface area contributed by atoms with Gasteiger partial charge >= 0.3 is 0 Å². The number of benzene rings is 2. The van der Waals surface area contributed by atoms with Gasteiger partial charge in [0.2, 0.25) is 11.0 Å². The van der Waals surface area contributed by atoms with Gasteiger partial charge in [-0.25, -0.2) is 0 Å². The third-order valence-electron chi connectivity index (χ3n) is 3.98. The Kier molecular flexibility index (Phi) is 4.79. The first-order chi connectivity index (χ1) is 13.1. The summed E-state index contributed by atoms with van der Waals surface area (Å²) >= 11 is 4.72. The highest BCUT2D eigenvalue weighted by molar-refractivity contribution is 9.10. The summed E-state index contributed by atoms with van der Waals surface area (Å²) in [4.78, 5) is 4.50. The van der Waals surface area contributed by atoms with E-state index in [0.717, 1.165) is 17.0 Å². The first kappa shape index (κ1) is 17.9. The fourth-order valence-electron chi connectivity index (χ4n) is 2.74. The van der Waals surface area contributed by atoms with Crippen LogP contribution in [0.4, 0.5) is 5.69 Å². The minimum absolute atomic E-state index is 0.223. The van der Waals surface area contributed by atoms with E-state index in [1.165, 1.54) is 17.8 Å². The van der Waals surface area contributed by atoms with Crippen molar-refractivity contribution in [3.63, 3.8) is 0 Å². The van der Waals surface area contributed by atoms with Crippen molar-refractivity contribution in [3.05, 3.63) is 46.4 Å². The number of rotatable bonds is 3. The molecule has 3 N–H and O–H groups in total. The SMILES string of the molecule is CCSc1nnc2c(n1)OC(c1cc(O)c(O)c(Br)c1)Nc1ccccc1-2. The normalized spacial score (nSPS) is 15.1. The molecule has 0 saturated carbocycles. The lowest BCUT2D eigenvalue weighted by atomic mass is 10.1. The van der Waals surface area contributed by atoms with E-state index < -0.39 is 6.23 Å². The lowest BCUT2D eigenvalue weighted by molar-refractivity contribution is 0.224. The number of nitrogens with zero attached hydrogens (tertiary/aromatic N) is 3. The topological polar surface area (TPSA) is 100 Å². The van der Waals surface area contributed by atoms with E-state index in [2.05, 4.69) is 36.4 Å². The highest BCUT2D eigenvalue weighted by Gasteiger charge is 2.27. The molecule has 7 nitrogen and oxygen atoms in total. The number of halogens is 1. The fraction of sp³-hybridized carbons (Fsp3) is 0.167. The van der Waals surface area contributed by atoms with Crippen LogP contribution in [0, 0.1) is 0 Å². The quantitative estimate of drug-likeness (QED) is 0.403. The van der Waals surface area contributed by atoms with Crippen molar-refractivity contribution >= 4 is 33.4 Å². The van der Waals surface area contributed by atoms with Crippen molar-refractivity contribution in [1.29, 1.82) is 0 Å². The first-order valence-electron chi connectivity index (χ1n) is 8.18. The van der Waals surface area contributed by atoms with Crippen LogP contribution in [0.15, 0.2) is 46.0 Å². The second-order valence-electron chi connectivity index (χ2n) is 5.74. The van der Waals surface area contributed by atoms with E-state index in [9.17, 15) is 10.2 Å². The number of anilines is 1. The number of phenolic OH excluding ortho intramolecular Hbond substituents is 2. The number of nitrogens with one attached hydrogen (secondary N) is 1. The van der Waals surface area contributed by atoms with E-state index >= 15 is 0 Å². The number of para-hydroxylation sites is 1. The van der Waals surface area contributed by atoms with Crippen molar-refractivity contribution in [2.75, 3.05) is 11.1 Å². The summed E-state index contributed by atoms with van der Waals surface area (Å²) in [5.74, 6) is 0.703. The molecule has 0 saturated heterocycles. The Balaban J connectivity index is 1.84. The van der Waals surface area contributed by atoms with Gasteiger partial charge in [-0.05, 0) is 39.9 Å². The predicted molar refractivity (Wildman–Crippen MR) is 106 cm³/mol. The van der Waals surface area contributed by atoms with Crippen LogP contribution in [-0.2, 0) is 0 Å². The number of phenols is 2. The van der Waals surface area contributed by atoms with Crippen LogP contribution in [0.3, 0.4) is 0 Å². The number of aromatic nitrogens is 3. The molecule has 1 aliphatic rings. The maximum absolute atomic E-state index is 9.98. The summed E-state index contributed by atoms with van der Waals surface area (Å²) in [6, 6.07) is 10.8. The number of aromatic hydroxyl groups is 2. The zero-order valence-electron chi connectivity index (χ0n) is 14.2. The van der Waals surface area contributed by atoms with Crippen LogP contribution >= 0.6 is 27.7 Å². The van der Waals surface area contributed by atoms with Gasteiger partial charge in [0.15, 0.2) is 23.4 Å². The third kappa shape index (κ3) is 3.40. The molecule has 9 heteroatoms. The molecular formula is C18H15BrN4O3S. The Morgan fingerprint density at radius 1 is 1.22 bits per heavy atom. The summed E-state index contributed by atoms with van der Waals surface area (Å²) < 4.78 is 6.48. The third-order valence-corrected chi connectivity index (χ3v) is 5.30. The van der Waals surface area contributed by atoms with Gasteiger partial charge in [0, 0.05) is 16.8 Å². The van der Waals surface area contributed by atoms with Gasteiger partial charge < -0.3 is 20.3 Å². The largest absolute Gasteiger partial charge is 0.504 e. The van der Waals surface area contributed by atoms with Gasteiger partial charge in [-0.15, -0.1) is 10.2 Å². The zero-order valence-corrected chi connectivity index (χ0v) is 16.6. The maximum Gasteiger partial charge on any atom is 0.247 e. The second kappa shape index (κ2) is 7.24. The van der Waals surface area contributed by atoms with Gasteiger partial charge in [-0.3, -0.25) is 0 Å². The molecule has 0 radical (unpaired) electrons. The summed E-state index contributed by atoms with van der Waals surface area (Å²) in [6.45, 7) is 2.01. The molecule has 27 heavy (non-hydrogen) atoms. The molecule has 2 heterocycles. The van der Waals surface area contributed by atoms with Crippen LogP contribution < -0.4 is 10.1 Å². The van der Waals surface area contributed by atoms with Gasteiger partial charge in [0.1, 0.15) is 0 Å². The lowest BCUT2D eigenvalue weighted by Crippen LogP contribution is -2.17. The molecule has 2 aromatic carbocycles. The van der Waals surface area contributed by atoms with E-state index in [1.54, 1.807) is 6.07 Å². The van der Waals surface area contributed by atoms with Crippen molar-refractivity contribution in [2.45, 2.75) is 18.3 Å². The molecule has 1 aliphatic heterocycles. The number of thioether (sulfide) groups is 1. The highest BCUT2D eigenvalue weighted by Crippen LogP contribution is 2.42. The monoisotopic (exact) mass is 446 g/mol. The Bertz CT molecular complexity index is 995. The average Bonchev–Trinajstić information content (AvgIpc) is 2.82. The second-order valence-corrected chi connectivity index (χ2v) is 7.82. The Hall–Kier alpha value is -2.52. The molecule has 138 valence electrons. The zero-order chi connectivity index (χ0) is 19.0. The van der Waals surface area contributed by atoms with E-state index in [4.69, 9.17) is 4.74 Å². The van der Waals surface area contributed by atoms with Crippen LogP contribution in [0.25, 0.3) is 11.3 Å². The van der Waals surface area contributed by atoms with Crippen LogP contribution in [-0.4, -0.2) is 31.1 Å². The van der Waals surface area contributed by atoms with Crippen molar-refractivity contribution < 1.29 is 14.9 Å². The van der Waals surface area contributed by atoms with Crippen LogP contribution in [0.2, 0.25) is 0 Å². The van der Waals surface area contributed by atoms with Gasteiger partial charge in [0.05, 0.1) is 4.47 Å². The van der Waals surface area contributed by atoms with Crippen LogP contribution in [0.1, 0.15) is 18.7 Å². The molecule has 0 amide bonds. The minimum Gasteiger partial charge on any atom is -0.504 e. The van der Waals surface area contributed by atoms with E-state index in [1.807, 2.05) is 31.2 Å². The molecule has 3 aromatic rings. The van der Waals surface area contributed by atoms with Crippen LogP contribution in [0.5, 0.6) is 17.4 Å². The van der Waals surface area contributed by atoms with Crippen molar-refractivity contribution in [3.8, 4) is 28.6 Å². The number of fused-ring (bicyclic) bond motifs is 3. The maximum atomic E-state index is 9.98. The molecular weight excluding hydrogens is 432 g/mol. The summed E-state index contributed by atoms with van der Waals surface area (Å²) in [5.41, 5.74) is 2.79.